The summed E-state index contributed by atoms with van der Waals surface area (Å²) in [6.07, 6.45) is 3.96. The maximum Gasteiger partial charge on any atom is 0.263 e. The average Bonchev–Trinajstić information content (AvgIpc) is 2.98. The molecule has 1 saturated heterocycles. The fourth-order valence-corrected chi connectivity index (χ4v) is 4.53. The summed E-state index contributed by atoms with van der Waals surface area (Å²) in [4.78, 5) is 22.3. The number of nitrogens with zero attached hydrogens (tertiary/aromatic N) is 4. The van der Waals surface area contributed by atoms with Gasteiger partial charge < -0.3 is 10.2 Å². The van der Waals surface area contributed by atoms with Crippen LogP contribution >= 0.6 is 15.9 Å². The van der Waals surface area contributed by atoms with Crippen molar-refractivity contribution in [2.45, 2.75) is 32.7 Å². The minimum absolute atomic E-state index is 0.176. The highest BCUT2D eigenvalue weighted by molar-refractivity contribution is 9.10. The van der Waals surface area contributed by atoms with Gasteiger partial charge in [-0.05, 0) is 63.5 Å². The van der Waals surface area contributed by atoms with Crippen molar-refractivity contribution in [1.82, 2.24) is 24.6 Å². The number of nitrogens with one attached hydrogen (secondary N) is 2. The third-order valence-corrected chi connectivity index (χ3v) is 5.50. The molecular formula is C19H23BrN6O. The zero-order valence-electron chi connectivity index (χ0n) is 15.7. The Morgan fingerprint density at radius 1 is 1.30 bits per heavy atom. The molecule has 2 aromatic heterocycles. The monoisotopic (exact) mass is 430 g/mol. The number of aryl methyl sites for hydroxylation is 2. The van der Waals surface area contributed by atoms with E-state index in [1.807, 2.05) is 26.0 Å². The predicted octanol–water partition coefficient (Wildman–Crippen LogP) is 2.99. The number of hydrogen-bond donors (Lipinski definition) is 2. The number of rotatable bonds is 3. The van der Waals surface area contributed by atoms with E-state index in [-0.39, 0.29) is 11.6 Å². The number of fused-ring (bicyclic) bond motifs is 1. The van der Waals surface area contributed by atoms with Gasteiger partial charge in [0.15, 0.2) is 5.65 Å². The van der Waals surface area contributed by atoms with Crippen molar-refractivity contribution in [3.63, 3.8) is 0 Å². The summed E-state index contributed by atoms with van der Waals surface area (Å²) in [5, 5.41) is 8.43. The molecule has 0 bridgehead atoms. The van der Waals surface area contributed by atoms with Gasteiger partial charge >= 0.3 is 0 Å². The first-order valence-electron chi connectivity index (χ1n) is 9.12. The molecule has 0 amide bonds. The molecule has 0 radical (unpaired) electrons. The molecule has 0 aliphatic carbocycles. The van der Waals surface area contributed by atoms with E-state index in [0.29, 0.717) is 17.0 Å². The van der Waals surface area contributed by atoms with Crippen LogP contribution in [-0.4, -0.2) is 50.8 Å². The first-order valence-corrected chi connectivity index (χ1v) is 9.92. The molecule has 3 heterocycles. The van der Waals surface area contributed by atoms with Crippen LogP contribution in [0.2, 0.25) is 0 Å². The molecule has 1 aromatic carbocycles. The van der Waals surface area contributed by atoms with Gasteiger partial charge in [-0.3, -0.25) is 9.78 Å². The smallest absolute Gasteiger partial charge is 0.263 e. The van der Waals surface area contributed by atoms with Gasteiger partial charge in [0.05, 0.1) is 5.69 Å². The lowest BCUT2D eigenvalue weighted by molar-refractivity contribution is 0.260. The highest BCUT2D eigenvalue weighted by Crippen LogP contribution is 2.24. The lowest BCUT2D eigenvalue weighted by Crippen LogP contribution is -2.40. The lowest BCUT2D eigenvalue weighted by Gasteiger charge is -2.30. The second-order valence-corrected chi connectivity index (χ2v) is 8.28. The first-order chi connectivity index (χ1) is 12.9. The van der Waals surface area contributed by atoms with Gasteiger partial charge in [-0.15, -0.1) is 5.10 Å². The summed E-state index contributed by atoms with van der Waals surface area (Å²) >= 11 is 3.52. The second kappa shape index (κ2) is 7.09. The standard InChI is InChI=1S/C19H23BrN6O/c1-11-7-13(20)8-12(2)16(11)26-10-15-17(24-26)22-19(23-18(15)27)21-14-5-4-6-25(3)9-14/h7-8,10,14H,4-6,9H2,1-3H3,(H2,21,22,23,24,27). The molecule has 1 aliphatic rings. The molecular weight excluding hydrogens is 408 g/mol. The number of aromatic nitrogens is 4. The van der Waals surface area contributed by atoms with Crippen molar-refractivity contribution in [2.24, 2.45) is 0 Å². The topological polar surface area (TPSA) is 78.8 Å². The molecule has 1 aliphatic heterocycles. The number of aromatic amines is 1. The minimum atomic E-state index is -0.176. The Labute approximate surface area is 165 Å². The van der Waals surface area contributed by atoms with E-state index < -0.39 is 0 Å². The van der Waals surface area contributed by atoms with Crippen molar-refractivity contribution in [3.05, 3.63) is 44.3 Å². The van der Waals surface area contributed by atoms with Gasteiger partial charge in [-0.1, -0.05) is 15.9 Å². The highest BCUT2D eigenvalue weighted by Gasteiger charge is 2.19. The highest BCUT2D eigenvalue weighted by atomic mass is 79.9. The molecule has 27 heavy (non-hydrogen) atoms. The largest absolute Gasteiger partial charge is 0.352 e. The summed E-state index contributed by atoms with van der Waals surface area (Å²) in [7, 11) is 2.11. The SMILES string of the molecule is Cc1cc(Br)cc(C)c1-n1cc2c(=O)[nH]c(NC3CCCN(C)C3)nc2n1. The summed E-state index contributed by atoms with van der Waals surface area (Å²) < 4.78 is 2.78. The third kappa shape index (κ3) is 3.64. The van der Waals surface area contributed by atoms with E-state index in [4.69, 9.17) is 0 Å². The number of benzene rings is 1. The van der Waals surface area contributed by atoms with E-state index in [2.05, 4.69) is 48.3 Å². The normalized spacial score (nSPS) is 18.1. The van der Waals surface area contributed by atoms with Crippen molar-refractivity contribution in [2.75, 3.05) is 25.5 Å². The summed E-state index contributed by atoms with van der Waals surface area (Å²) in [5.74, 6) is 0.488. The van der Waals surface area contributed by atoms with Crippen LogP contribution in [-0.2, 0) is 0 Å². The Balaban J connectivity index is 1.71. The molecule has 1 unspecified atom stereocenters. The fourth-order valence-electron chi connectivity index (χ4n) is 3.84. The molecule has 0 spiro atoms. The first kappa shape index (κ1) is 18.2. The van der Waals surface area contributed by atoms with Gasteiger partial charge in [0, 0.05) is 23.3 Å². The Kier molecular flexibility index (Phi) is 4.77. The van der Waals surface area contributed by atoms with Crippen LogP contribution in [0, 0.1) is 13.8 Å². The zero-order chi connectivity index (χ0) is 19.1. The fraction of sp³-hybridized carbons (Fsp3) is 0.421. The van der Waals surface area contributed by atoms with Crippen LogP contribution in [0.3, 0.4) is 0 Å². The molecule has 1 fully saturated rings. The Morgan fingerprint density at radius 2 is 2.04 bits per heavy atom. The molecule has 7 nitrogen and oxygen atoms in total. The molecule has 8 heteroatoms. The van der Waals surface area contributed by atoms with Gasteiger partial charge in [-0.2, -0.15) is 4.98 Å². The minimum Gasteiger partial charge on any atom is -0.352 e. The van der Waals surface area contributed by atoms with Crippen LogP contribution in [0.1, 0.15) is 24.0 Å². The maximum atomic E-state index is 12.6. The summed E-state index contributed by atoms with van der Waals surface area (Å²) in [6.45, 7) is 6.11. The van der Waals surface area contributed by atoms with E-state index in [1.165, 1.54) is 0 Å². The van der Waals surface area contributed by atoms with E-state index >= 15 is 0 Å². The lowest BCUT2D eigenvalue weighted by atomic mass is 10.1. The Morgan fingerprint density at radius 3 is 2.74 bits per heavy atom. The van der Waals surface area contributed by atoms with E-state index in [0.717, 1.165) is 47.2 Å². The van der Waals surface area contributed by atoms with E-state index in [1.54, 1.807) is 10.9 Å². The Bertz CT molecular complexity index is 1030. The molecule has 142 valence electrons. The number of piperidine rings is 1. The van der Waals surface area contributed by atoms with Crippen LogP contribution in [0.15, 0.2) is 27.6 Å². The molecule has 2 N–H and O–H groups in total. The Hall–Kier alpha value is -2.19. The van der Waals surface area contributed by atoms with Crippen molar-refractivity contribution >= 4 is 32.9 Å². The number of H-pyrrole nitrogens is 1. The molecule has 0 saturated carbocycles. The maximum absolute atomic E-state index is 12.6. The third-order valence-electron chi connectivity index (χ3n) is 5.04. The second-order valence-electron chi connectivity index (χ2n) is 7.36. The van der Waals surface area contributed by atoms with Gasteiger partial charge in [0.25, 0.3) is 5.56 Å². The number of likely N-dealkylation sites (N-methyl/N-ethyl adjacent to an activating group) is 1. The van der Waals surface area contributed by atoms with E-state index in [9.17, 15) is 4.79 Å². The molecule has 4 rings (SSSR count). The summed E-state index contributed by atoms with van der Waals surface area (Å²) in [5.41, 5.74) is 3.40. The van der Waals surface area contributed by atoms with Gasteiger partial charge in [0.2, 0.25) is 5.95 Å². The zero-order valence-corrected chi connectivity index (χ0v) is 17.3. The number of anilines is 1. The quantitative estimate of drug-likeness (QED) is 0.667. The number of halogens is 1. The van der Waals surface area contributed by atoms with Gasteiger partial charge in [-0.25, -0.2) is 4.68 Å². The van der Waals surface area contributed by atoms with Gasteiger partial charge in [0.1, 0.15) is 5.39 Å². The molecule has 3 aromatic rings. The predicted molar refractivity (Wildman–Crippen MR) is 111 cm³/mol. The number of likely N-dealkylation sites (tertiary alicyclic amines) is 1. The van der Waals surface area contributed by atoms with Crippen molar-refractivity contribution in [3.8, 4) is 5.69 Å². The van der Waals surface area contributed by atoms with Crippen LogP contribution < -0.4 is 10.9 Å². The van der Waals surface area contributed by atoms with Crippen LogP contribution in [0.4, 0.5) is 5.95 Å². The molecule has 1 atom stereocenters. The average molecular weight is 431 g/mol. The summed E-state index contributed by atoms with van der Waals surface area (Å²) in [6, 6.07) is 4.36. The number of hydrogen-bond acceptors (Lipinski definition) is 5. The van der Waals surface area contributed by atoms with Crippen molar-refractivity contribution < 1.29 is 0 Å². The van der Waals surface area contributed by atoms with Crippen LogP contribution in [0.25, 0.3) is 16.7 Å². The van der Waals surface area contributed by atoms with Crippen LogP contribution in [0.5, 0.6) is 0 Å². The van der Waals surface area contributed by atoms with Crippen molar-refractivity contribution in [1.29, 1.82) is 0 Å².